The predicted octanol–water partition coefficient (Wildman–Crippen LogP) is 2.71. The van der Waals surface area contributed by atoms with E-state index in [2.05, 4.69) is 14.7 Å². The third-order valence-corrected chi connectivity index (χ3v) is 2.80. The van der Waals surface area contributed by atoms with Gasteiger partial charge in [-0.25, -0.2) is 0 Å². The molecule has 2 rings (SSSR count). The van der Waals surface area contributed by atoms with Gasteiger partial charge >= 0.3 is 6.18 Å². The maximum Gasteiger partial charge on any atom is 0.455 e. The summed E-state index contributed by atoms with van der Waals surface area (Å²) in [4.78, 5) is 14.9. The Hall–Kier alpha value is -1.40. The van der Waals surface area contributed by atoms with Gasteiger partial charge in [0.25, 0.3) is 5.82 Å². The van der Waals surface area contributed by atoms with Crippen molar-refractivity contribution in [2.24, 2.45) is 0 Å². The van der Waals surface area contributed by atoms with Gasteiger partial charge in [-0.15, -0.1) is 0 Å². The van der Waals surface area contributed by atoms with E-state index >= 15 is 0 Å². The summed E-state index contributed by atoms with van der Waals surface area (Å²) < 4.78 is 41.4. The number of alkyl halides is 3. The minimum atomic E-state index is -4.63. The van der Waals surface area contributed by atoms with Crippen molar-refractivity contribution in [2.45, 2.75) is 44.2 Å². The summed E-state index contributed by atoms with van der Waals surface area (Å²) in [6.07, 6.45) is -1.31. The number of Topliss-reactive ketones (excluding diaryl/α,β-unsaturated/α-hetero) is 1. The monoisotopic (exact) mass is 248 g/mol. The molecule has 1 aromatic rings. The van der Waals surface area contributed by atoms with Crippen molar-refractivity contribution in [3.05, 3.63) is 11.7 Å². The summed E-state index contributed by atoms with van der Waals surface area (Å²) in [6.45, 7) is 0. The van der Waals surface area contributed by atoms with E-state index in [4.69, 9.17) is 0 Å². The average molecular weight is 248 g/mol. The van der Waals surface area contributed by atoms with Crippen molar-refractivity contribution in [1.82, 2.24) is 10.1 Å². The first-order valence-electron chi connectivity index (χ1n) is 5.42. The lowest BCUT2D eigenvalue weighted by Crippen LogP contribution is -2.12. The Morgan fingerprint density at radius 1 is 1.24 bits per heavy atom. The van der Waals surface area contributed by atoms with Crippen LogP contribution >= 0.6 is 0 Å². The van der Waals surface area contributed by atoms with Gasteiger partial charge in [0, 0.05) is 6.42 Å². The minimum Gasteiger partial charge on any atom is -0.338 e. The van der Waals surface area contributed by atoms with Crippen LogP contribution in [0.4, 0.5) is 13.2 Å². The standard InChI is InChI=1S/C10H11F3N2O2/c11-10(12,13)9-14-8(17-15-9)6-4-2-1-3-5-7(6)16/h6H,1-5H2. The SMILES string of the molecule is O=C1CCCCCC1c1nc(C(F)(F)F)no1. The fraction of sp³-hybridized carbons (Fsp3) is 0.700. The molecule has 0 aromatic carbocycles. The van der Waals surface area contributed by atoms with Crippen molar-refractivity contribution < 1.29 is 22.5 Å². The Morgan fingerprint density at radius 2 is 2.00 bits per heavy atom. The van der Waals surface area contributed by atoms with E-state index in [1.807, 2.05) is 0 Å². The largest absolute Gasteiger partial charge is 0.455 e. The van der Waals surface area contributed by atoms with Crippen molar-refractivity contribution >= 4 is 5.78 Å². The number of aromatic nitrogens is 2. The molecule has 1 saturated carbocycles. The van der Waals surface area contributed by atoms with E-state index in [1.165, 1.54) is 0 Å². The molecule has 1 fully saturated rings. The van der Waals surface area contributed by atoms with E-state index in [1.54, 1.807) is 0 Å². The predicted molar refractivity (Wildman–Crippen MR) is 50.1 cm³/mol. The van der Waals surface area contributed by atoms with Crippen LogP contribution in [0.1, 0.15) is 49.7 Å². The van der Waals surface area contributed by atoms with E-state index < -0.39 is 17.9 Å². The molecule has 0 aliphatic heterocycles. The molecule has 0 amide bonds. The van der Waals surface area contributed by atoms with E-state index in [0.29, 0.717) is 12.8 Å². The van der Waals surface area contributed by atoms with Crippen LogP contribution in [-0.2, 0) is 11.0 Å². The van der Waals surface area contributed by atoms with Crippen LogP contribution in [-0.4, -0.2) is 15.9 Å². The van der Waals surface area contributed by atoms with Crippen LogP contribution in [0.25, 0.3) is 0 Å². The fourth-order valence-electron chi connectivity index (χ4n) is 1.91. The van der Waals surface area contributed by atoms with Gasteiger partial charge in [0.05, 0.1) is 5.92 Å². The van der Waals surface area contributed by atoms with Gasteiger partial charge in [-0.2, -0.15) is 18.2 Å². The van der Waals surface area contributed by atoms with Gasteiger partial charge in [-0.05, 0) is 12.8 Å². The van der Waals surface area contributed by atoms with Crippen molar-refractivity contribution in [1.29, 1.82) is 0 Å². The molecule has 0 radical (unpaired) electrons. The van der Waals surface area contributed by atoms with Gasteiger partial charge in [0.2, 0.25) is 5.89 Å². The summed E-state index contributed by atoms with van der Waals surface area (Å²) >= 11 is 0. The number of carbonyl (C=O) groups is 1. The number of rotatable bonds is 1. The van der Waals surface area contributed by atoms with Gasteiger partial charge in [0.1, 0.15) is 5.78 Å². The molecule has 0 saturated heterocycles. The first kappa shape index (κ1) is 12.1. The number of ketones is 1. The fourth-order valence-corrected chi connectivity index (χ4v) is 1.91. The molecule has 1 aliphatic carbocycles. The number of hydrogen-bond donors (Lipinski definition) is 0. The normalized spacial score (nSPS) is 22.5. The Balaban J connectivity index is 2.21. The van der Waals surface area contributed by atoms with E-state index in [0.717, 1.165) is 19.3 Å². The molecule has 0 spiro atoms. The molecule has 0 bridgehead atoms. The number of halogens is 3. The van der Waals surface area contributed by atoms with Gasteiger partial charge in [0.15, 0.2) is 0 Å². The second kappa shape index (κ2) is 4.46. The van der Waals surface area contributed by atoms with Crippen molar-refractivity contribution in [3.63, 3.8) is 0 Å². The zero-order valence-corrected chi connectivity index (χ0v) is 8.96. The first-order chi connectivity index (χ1) is 7.98. The maximum atomic E-state index is 12.3. The molecule has 1 aromatic heterocycles. The summed E-state index contributed by atoms with van der Waals surface area (Å²) in [5.41, 5.74) is 0. The highest BCUT2D eigenvalue weighted by Crippen LogP contribution is 2.31. The van der Waals surface area contributed by atoms with Crippen molar-refractivity contribution in [3.8, 4) is 0 Å². The van der Waals surface area contributed by atoms with Crippen LogP contribution in [0.2, 0.25) is 0 Å². The Kier molecular flexibility index (Phi) is 3.17. The first-order valence-corrected chi connectivity index (χ1v) is 5.42. The topological polar surface area (TPSA) is 56.0 Å². The molecule has 1 heterocycles. The molecule has 17 heavy (non-hydrogen) atoms. The lowest BCUT2D eigenvalue weighted by molar-refractivity contribution is -0.146. The molecule has 4 nitrogen and oxygen atoms in total. The van der Waals surface area contributed by atoms with Gasteiger partial charge in [-0.3, -0.25) is 4.79 Å². The smallest absolute Gasteiger partial charge is 0.338 e. The maximum absolute atomic E-state index is 12.3. The van der Waals surface area contributed by atoms with E-state index in [9.17, 15) is 18.0 Å². The summed E-state index contributed by atoms with van der Waals surface area (Å²) in [7, 11) is 0. The van der Waals surface area contributed by atoms with E-state index in [-0.39, 0.29) is 11.7 Å². The number of nitrogens with zero attached hydrogens (tertiary/aromatic N) is 2. The lowest BCUT2D eigenvalue weighted by Gasteiger charge is -2.06. The zero-order chi connectivity index (χ0) is 12.5. The Bertz CT molecular complexity index is 414. The lowest BCUT2D eigenvalue weighted by atomic mass is 9.99. The summed E-state index contributed by atoms with van der Waals surface area (Å²) in [5, 5.41) is 2.86. The van der Waals surface area contributed by atoms with Gasteiger partial charge < -0.3 is 4.52 Å². The molecule has 1 atom stereocenters. The quantitative estimate of drug-likeness (QED) is 0.717. The molecule has 1 unspecified atom stereocenters. The molecule has 94 valence electrons. The molecule has 0 N–H and O–H groups in total. The minimum absolute atomic E-state index is 0.111. The number of hydrogen-bond acceptors (Lipinski definition) is 4. The molecule has 1 aliphatic rings. The Labute approximate surface area is 95.2 Å². The van der Waals surface area contributed by atoms with Crippen molar-refractivity contribution in [2.75, 3.05) is 0 Å². The Morgan fingerprint density at radius 3 is 2.65 bits per heavy atom. The third-order valence-electron chi connectivity index (χ3n) is 2.80. The van der Waals surface area contributed by atoms with Crippen LogP contribution in [0.3, 0.4) is 0 Å². The number of carbonyl (C=O) groups excluding carboxylic acids is 1. The molecule has 7 heteroatoms. The zero-order valence-electron chi connectivity index (χ0n) is 8.96. The van der Waals surface area contributed by atoms with Gasteiger partial charge in [-0.1, -0.05) is 18.0 Å². The summed E-state index contributed by atoms with van der Waals surface area (Å²) in [5.74, 6) is -2.30. The molecular weight excluding hydrogens is 237 g/mol. The van der Waals surface area contributed by atoms with Crippen LogP contribution in [0.5, 0.6) is 0 Å². The average Bonchev–Trinajstić information content (AvgIpc) is 2.63. The highest BCUT2D eigenvalue weighted by molar-refractivity contribution is 5.84. The summed E-state index contributed by atoms with van der Waals surface area (Å²) in [6, 6.07) is 0. The molecular formula is C10H11F3N2O2. The highest BCUT2D eigenvalue weighted by atomic mass is 19.4. The second-order valence-corrected chi connectivity index (χ2v) is 4.07. The van der Waals surface area contributed by atoms with Crippen LogP contribution in [0, 0.1) is 0 Å². The second-order valence-electron chi connectivity index (χ2n) is 4.07. The van der Waals surface area contributed by atoms with Crippen LogP contribution in [0.15, 0.2) is 4.52 Å². The highest BCUT2D eigenvalue weighted by Gasteiger charge is 2.39. The third kappa shape index (κ3) is 2.65. The van der Waals surface area contributed by atoms with Crippen LogP contribution < -0.4 is 0 Å².